The number of benzene rings is 1. The number of ether oxygens (including phenoxy) is 1. The first-order valence-electron chi connectivity index (χ1n) is 6.09. The maximum Gasteiger partial charge on any atom is 0.219 e. The van der Waals surface area contributed by atoms with Gasteiger partial charge in [-0.25, -0.2) is 0 Å². The summed E-state index contributed by atoms with van der Waals surface area (Å²) in [7, 11) is 1.66. The Morgan fingerprint density at radius 1 is 1.33 bits per heavy atom. The number of methoxy groups -OCH3 is 1. The highest BCUT2D eigenvalue weighted by atomic mass is 16.5. The van der Waals surface area contributed by atoms with Gasteiger partial charge in [-0.2, -0.15) is 0 Å². The fourth-order valence-corrected chi connectivity index (χ4v) is 1.84. The van der Waals surface area contributed by atoms with Gasteiger partial charge in [-0.05, 0) is 44.5 Å². The number of hydrogen-bond donors (Lipinski definition) is 2. The van der Waals surface area contributed by atoms with Gasteiger partial charge in [0, 0.05) is 12.0 Å². The molecule has 0 radical (unpaired) electrons. The van der Waals surface area contributed by atoms with E-state index in [-0.39, 0.29) is 11.4 Å². The lowest BCUT2D eigenvalue weighted by Crippen LogP contribution is -2.43. The molecule has 1 aromatic carbocycles. The summed E-state index contributed by atoms with van der Waals surface area (Å²) in [5, 5.41) is 3.34. The second-order valence-corrected chi connectivity index (χ2v) is 5.05. The molecule has 4 nitrogen and oxygen atoms in total. The van der Waals surface area contributed by atoms with E-state index in [9.17, 15) is 4.79 Å². The van der Waals surface area contributed by atoms with Gasteiger partial charge in [-0.3, -0.25) is 4.79 Å². The molecule has 0 heterocycles. The minimum atomic E-state index is -0.281. The molecule has 1 amide bonds. The molecule has 0 saturated heterocycles. The van der Waals surface area contributed by atoms with Crippen LogP contribution < -0.4 is 15.8 Å². The van der Waals surface area contributed by atoms with Crippen molar-refractivity contribution in [3.8, 4) is 5.75 Å². The van der Waals surface area contributed by atoms with Gasteiger partial charge in [0.25, 0.3) is 0 Å². The minimum absolute atomic E-state index is 0.252. The van der Waals surface area contributed by atoms with Gasteiger partial charge in [0.05, 0.1) is 7.11 Å². The molecule has 0 aromatic heterocycles. The number of primary amides is 1. The largest absolute Gasteiger partial charge is 0.497 e. The van der Waals surface area contributed by atoms with Gasteiger partial charge in [0.15, 0.2) is 0 Å². The van der Waals surface area contributed by atoms with Crippen molar-refractivity contribution in [2.45, 2.75) is 32.2 Å². The second-order valence-electron chi connectivity index (χ2n) is 5.05. The molecular weight excluding hydrogens is 228 g/mol. The van der Waals surface area contributed by atoms with E-state index in [4.69, 9.17) is 10.5 Å². The maximum atomic E-state index is 10.9. The minimum Gasteiger partial charge on any atom is -0.497 e. The quantitative estimate of drug-likeness (QED) is 0.770. The van der Waals surface area contributed by atoms with E-state index >= 15 is 0 Å². The van der Waals surface area contributed by atoms with Gasteiger partial charge >= 0.3 is 0 Å². The van der Waals surface area contributed by atoms with Crippen molar-refractivity contribution < 1.29 is 9.53 Å². The summed E-state index contributed by atoms with van der Waals surface area (Å²) >= 11 is 0. The molecule has 0 atom stereocenters. The molecule has 3 N–H and O–H groups in total. The predicted molar refractivity (Wildman–Crippen MR) is 72.6 cm³/mol. The molecule has 0 unspecified atom stereocenters. The van der Waals surface area contributed by atoms with Crippen LogP contribution in [-0.4, -0.2) is 25.1 Å². The van der Waals surface area contributed by atoms with Crippen LogP contribution in [0.4, 0.5) is 0 Å². The van der Waals surface area contributed by atoms with Crippen LogP contribution in [0.5, 0.6) is 5.75 Å². The van der Waals surface area contributed by atoms with Gasteiger partial charge in [-0.15, -0.1) is 0 Å². The molecule has 18 heavy (non-hydrogen) atoms. The molecule has 100 valence electrons. The monoisotopic (exact) mass is 250 g/mol. The lowest BCUT2D eigenvalue weighted by molar-refractivity contribution is -0.119. The van der Waals surface area contributed by atoms with E-state index < -0.39 is 0 Å². The van der Waals surface area contributed by atoms with Crippen molar-refractivity contribution in [3.63, 3.8) is 0 Å². The molecule has 0 aliphatic carbocycles. The molecule has 4 heteroatoms. The summed E-state index contributed by atoms with van der Waals surface area (Å²) in [6, 6.07) is 7.98. The molecular formula is C14H22N2O2. The van der Waals surface area contributed by atoms with E-state index in [1.807, 2.05) is 38.1 Å². The Bertz CT molecular complexity index is 385. The summed E-state index contributed by atoms with van der Waals surface area (Å²) in [6.07, 6.45) is 1.25. The standard InChI is InChI=1S/C14H22N2O2/c1-14(2,10-13(15)17)16-9-8-11-4-6-12(18-3)7-5-11/h4-7,16H,8-10H2,1-3H3,(H2,15,17). The summed E-state index contributed by atoms with van der Waals surface area (Å²) in [5.74, 6) is 0.581. The first-order valence-corrected chi connectivity index (χ1v) is 6.09. The van der Waals surface area contributed by atoms with Crippen LogP contribution in [0, 0.1) is 0 Å². The smallest absolute Gasteiger partial charge is 0.219 e. The van der Waals surface area contributed by atoms with Gasteiger partial charge < -0.3 is 15.8 Å². The van der Waals surface area contributed by atoms with E-state index in [1.54, 1.807) is 7.11 Å². The number of rotatable bonds is 7. The van der Waals surface area contributed by atoms with Crippen molar-refractivity contribution in [1.82, 2.24) is 5.32 Å². The molecule has 0 aliphatic rings. The maximum absolute atomic E-state index is 10.9. The van der Waals surface area contributed by atoms with Gasteiger partial charge in [0.2, 0.25) is 5.91 Å². The second kappa shape index (κ2) is 6.40. The van der Waals surface area contributed by atoms with Crippen LogP contribution in [0.25, 0.3) is 0 Å². The molecule has 0 fully saturated rings. The summed E-state index contributed by atoms with van der Waals surface area (Å²) in [6.45, 7) is 4.77. The molecule has 0 spiro atoms. The molecule has 0 bridgehead atoms. The Morgan fingerprint density at radius 2 is 1.94 bits per heavy atom. The fourth-order valence-electron chi connectivity index (χ4n) is 1.84. The highest BCUT2D eigenvalue weighted by molar-refractivity contribution is 5.74. The normalized spacial score (nSPS) is 11.3. The zero-order valence-corrected chi connectivity index (χ0v) is 11.3. The number of carbonyl (C=O) groups is 1. The third-order valence-corrected chi connectivity index (χ3v) is 2.79. The number of hydrogen-bond acceptors (Lipinski definition) is 3. The van der Waals surface area contributed by atoms with Gasteiger partial charge in [0.1, 0.15) is 5.75 Å². The Hall–Kier alpha value is -1.55. The molecule has 1 aromatic rings. The third-order valence-electron chi connectivity index (χ3n) is 2.79. The van der Waals surface area contributed by atoms with Gasteiger partial charge in [-0.1, -0.05) is 12.1 Å². The first-order chi connectivity index (χ1) is 8.43. The van der Waals surface area contributed by atoms with Crippen LogP contribution >= 0.6 is 0 Å². The molecule has 0 saturated carbocycles. The zero-order chi connectivity index (χ0) is 13.6. The average molecular weight is 250 g/mol. The Kier molecular flexibility index (Phi) is 5.16. The van der Waals surface area contributed by atoms with Crippen LogP contribution in [0.15, 0.2) is 24.3 Å². The van der Waals surface area contributed by atoms with E-state index in [0.29, 0.717) is 6.42 Å². The summed E-state index contributed by atoms with van der Waals surface area (Å²) < 4.78 is 5.10. The SMILES string of the molecule is COc1ccc(CCNC(C)(C)CC(N)=O)cc1. The predicted octanol–water partition coefficient (Wildman–Crippen LogP) is 1.48. The average Bonchev–Trinajstić information content (AvgIpc) is 2.28. The van der Waals surface area contributed by atoms with Crippen molar-refractivity contribution >= 4 is 5.91 Å². The Morgan fingerprint density at radius 3 is 2.44 bits per heavy atom. The number of carbonyl (C=O) groups excluding carboxylic acids is 1. The summed E-state index contributed by atoms with van der Waals surface area (Å²) in [4.78, 5) is 10.9. The lowest BCUT2D eigenvalue weighted by Gasteiger charge is -2.24. The number of nitrogens with one attached hydrogen (secondary N) is 1. The van der Waals surface area contributed by atoms with Crippen molar-refractivity contribution in [1.29, 1.82) is 0 Å². The van der Waals surface area contributed by atoms with Crippen molar-refractivity contribution in [2.75, 3.05) is 13.7 Å². The summed E-state index contributed by atoms with van der Waals surface area (Å²) in [5.41, 5.74) is 6.18. The lowest BCUT2D eigenvalue weighted by atomic mass is 10.00. The Balaban J connectivity index is 2.38. The fraction of sp³-hybridized carbons (Fsp3) is 0.500. The third kappa shape index (κ3) is 5.19. The van der Waals surface area contributed by atoms with Crippen molar-refractivity contribution in [3.05, 3.63) is 29.8 Å². The number of amides is 1. The zero-order valence-electron chi connectivity index (χ0n) is 11.3. The molecule has 1 rings (SSSR count). The highest BCUT2D eigenvalue weighted by Gasteiger charge is 2.19. The highest BCUT2D eigenvalue weighted by Crippen LogP contribution is 2.12. The van der Waals surface area contributed by atoms with E-state index in [2.05, 4.69) is 5.32 Å². The number of nitrogens with two attached hydrogens (primary N) is 1. The van der Waals surface area contributed by atoms with Crippen LogP contribution in [0.3, 0.4) is 0 Å². The van der Waals surface area contributed by atoms with Crippen molar-refractivity contribution in [2.24, 2.45) is 5.73 Å². The van der Waals surface area contributed by atoms with E-state index in [0.717, 1.165) is 18.7 Å². The molecule has 0 aliphatic heterocycles. The van der Waals surface area contributed by atoms with Crippen LogP contribution in [0.1, 0.15) is 25.8 Å². The van der Waals surface area contributed by atoms with E-state index in [1.165, 1.54) is 5.56 Å². The van der Waals surface area contributed by atoms with Crippen LogP contribution in [0.2, 0.25) is 0 Å². The topological polar surface area (TPSA) is 64.3 Å². The first kappa shape index (κ1) is 14.5. The Labute approximate surface area is 109 Å². The van der Waals surface area contributed by atoms with Crippen LogP contribution in [-0.2, 0) is 11.2 Å².